The normalized spacial score (nSPS) is 10.5. The maximum Gasteiger partial charge on any atom is 0.265 e. The highest BCUT2D eigenvalue weighted by atomic mass is 35.5. The molecule has 6 heteroatoms. The van der Waals surface area contributed by atoms with Crippen LogP contribution in [-0.4, -0.2) is 19.1 Å². The van der Waals surface area contributed by atoms with Crippen LogP contribution in [0, 0.1) is 0 Å². The molecule has 94 valence electrons. The van der Waals surface area contributed by atoms with Crippen LogP contribution < -0.4 is 15.6 Å². The molecule has 1 aromatic rings. The molecule has 4 nitrogen and oxygen atoms in total. The van der Waals surface area contributed by atoms with E-state index in [0.717, 1.165) is 0 Å². The Morgan fingerprint density at radius 2 is 1.82 bits per heavy atom. The predicted octanol–water partition coefficient (Wildman–Crippen LogP) is 2.64. The van der Waals surface area contributed by atoms with Crippen molar-refractivity contribution in [2.75, 3.05) is 7.11 Å². The van der Waals surface area contributed by atoms with E-state index in [1.54, 1.807) is 0 Å². The van der Waals surface area contributed by atoms with Crippen molar-refractivity contribution >= 4 is 29.1 Å². The van der Waals surface area contributed by atoms with E-state index in [0.29, 0.717) is 21.4 Å². The van der Waals surface area contributed by atoms with Gasteiger partial charge in [-0.1, -0.05) is 23.2 Å². The van der Waals surface area contributed by atoms with Gasteiger partial charge in [0.25, 0.3) is 5.91 Å². The van der Waals surface area contributed by atoms with Crippen LogP contribution in [0.4, 0.5) is 0 Å². The molecule has 0 heterocycles. The van der Waals surface area contributed by atoms with Crippen LogP contribution >= 0.6 is 23.2 Å². The van der Waals surface area contributed by atoms with Crippen molar-refractivity contribution in [3.8, 4) is 5.75 Å². The molecule has 1 amide bonds. The SMILES string of the molecule is COc1c(Cl)cc(C(=O)NNC(C)C)cc1Cl. The molecule has 0 radical (unpaired) electrons. The molecule has 0 bridgehead atoms. The first-order chi connectivity index (χ1) is 7.95. The second kappa shape index (κ2) is 6.10. The summed E-state index contributed by atoms with van der Waals surface area (Å²) < 4.78 is 5.00. The topological polar surface area (TPSA) is 50.4 Å². The van der Waals surface area contributed by atoms with Gasteiger partial charge in [0.2, 0.25) is 0 Å². The zero-order valence-corrected chi connectivity index (χ0v) is 11.3. The average Bonchev–Trinajstić information content (AvgIpc) is 2.25. The summed E-state index contributed by atoms with van der Waals surface area (Å²) in [7, 11) is 1.47. The van der Waals surface area contributed by atoms with E-state index in [9.17, 15) is 4.79 Å². The molecule has 0 saturated heterocycles. The van der Waals surface area contributed by atoms with Gasteiger partial charge in [-0.2, -0.15) is 0 Å². The van der Waals surface area contributed by atoms with Crippen molar-refractivity contribution in [3.63, 3.8) is 0 Å². The molecule has 0 aliphatic rings. The van der Waals surface area contributed by atoms with Gasteiger partial charge in [-0.05, 0) is 26.0 Å². The summed E-state index contributed by atoms with van der Waals surface area (Å²) >= 11 is 11.9. The monoisotopic (exact) mass is 276 g/mol. The van der Waals surface area contributed by atoms with Crippen molar-refractivity contribution in [3.05, 3.63) is 27.7 Å². The standard InChI is InChI=1S/C11H14Cl2N2O2/c1-6(2)14-15-11(16)7-4-8(12)10(17-3)9(13)5-7/h4-6,14H,1-3H3,(H,15,16). The maximum atomic E-state index is 11.7. The van der Waals surface area contributed by atoms with Gasteiger partial charge >= 0.3 is 0 Å². The fourth-order valence-electron chi connectivity index (χ4n) is 1.17. The molecule has 2 N–H and O–H groups in total. The Hall–Kier alpha value is -0.970. The first-order valence-corrected chi connectivity index (χ1v) is 5.80. The second-order valence-corrected chi connectivity index (χ2v) is 4.54. The predicted molar refractivity (Wildman–Crippen MR) is 68.8 cm³/mol. The molecule has 1 rings (SSSR count). The van der Waals surface area contributed by atoms with Crippen LogP contribution in [0.2, 0.25) is 10.0 Å². The van der Waals surface area contributed by atoms with Gasteiger partial charge in [0.1, 0.15) is 0 Å². The summed E-state index contributed by atoms with van der Waals surface area (Å²) in [5.74, 6) is 0.0619. The van der Waals surface area contributed by atoms with Crippen LogP contribution in [0.5, 0.6) is 5.75 Å². The lowest BCUT2D eigenvalue weighted by molar-refractivity contribution is 0.0927. The first kappa shape index (κ1) is 14.1. The summed E-state index contributed by atoms with van der Waals surface area (Å²) in [6.45, 7) is 3.82. The number of halogens is 2. The van der Waals surface area contributed by atoms with Gasteiger partial charge in [0.15, 0.2) is 5.75 Å². The van der Waals surface area contributed by atoms with Gasteiger partial charge in [-0.15, -0.1) is 0 Å². The van der Waals surface area contributed by atoms with Crippen LogP contribution in [0.1, 0.15) is 24.2 Å². The van der Waals surface area contributed by atoms with Crippen LogP contribution in [0.3, 0.4) is 0 Å². The number of carbonyl (C=O) groups is 1. The minimum absolute atomic E-state index is 0.142. The van der Waals surface area contributed by atoms with Crippen molar-refractivity contribution in [1.82, 2.24) is 10.9 Å². The van der Waals surface area contributed by atoms with Crippen molar-refractivity contribution < 1.29 is 9.53 Å². The molecule has 0 aliphatic carbocycles. The molecule has 0 aliphatic heterocycles. The largest absolute Gasteiger partial charge is 0.494 e. The highest BCUT2D eigenvalue weighted by Gasteiger charge is 2.13. The summed E-state index contributed by atoms with van der Waals surface area (Å²) in [4.78, 5) is 11.7. The van der Waals surface area contributed by atoms with E-state index in [1.165, 1.54) is 19.2 Å². The zero-order chi connectivity index (χ0) is 13.0. The fraction of sp³-hybridized carbons (Fsp3) is 0.364. The third-order valence-corrected chi connectivity index (χ3v) is 2.50. The van der Waals surface area contributed by atoms with E-state index < -0.39 is 0 Å². The maximum absolute atomic E-state index is 11.7. The van der Waals surface area contributed by atoms with E-state index in [-0.39, 0.29) is 11.9 Å². The van der Waals surface area contributed by atoms with Gasteiger partial charge in [0.05, 0.1) is 17.2 Å². The van der Waals surface area contributed by atoms with Crippen LogP contribution in [0.25, 0.3) is 0 Å². The summed E-state index contributed by atoms with van der Waals surface area (Å²) in [5.41, 5.74) is 5.71. The Bertz CT molecular complexity index is 399. The van der Waals surface area contributed by atoms with Crippen molar-refractivity contribution in [1.29, 1.82) is 0 Å². The highest BCUT2D eigenvalue weighted by molar-refractivity contribution is 6.37. The molecule has 17 heavy (non-hydrogen) atoms. The van der Waals surface area contributed by atoms with E-state index in [1.807, 2.05) is 13.8 Å². The van der Waals surface area contributed by atoms with Gasteiger partial charge in [0, 0.05) is 11.6 Å². The Balaban J connectivity index is 2.89. The Kier molecular flexibility index (Phi) is 5.05. The van der Waals surface area contributed by atoms with Gasteiger partial charge < -0.3 is 4.74 Å². The number of hydrogen-bond acceptors (Lipinski definition) is 3. The Morgan fingerprint density at radius 3 is 2.24 bits per heavy atom. The lowest BCUT2D eigenvalue weighted by atomic mass is 10.2. The number of methoxy groups -OCH3 is 1. The fourth-order valence-corrected chi connectivity index (χ4v) is 1.81. The van der Waals surface area contributed by atoms with Crippen LogP contribution in [0.15, 0.2) is 12.1 Å². The quantitative estimate of drug-likeness (QED) is 0.832. The van der Waals surface area contributed by atoms with Crippen molar-refractivity contribution in [2.24, 2.45) is 0 Å². The molecule has 0 unspecified atom stereocenters. The van der Waals surface area contributed by atoms with Crippen molar-refractivity contribution in [2.45, 2.75) is 19.9 Å². The number of hydrazine groups is 1. The minimum Gasteiger partial charge on any atom is -0.494 e. The molecule has 0 saturated carbocycles. The van der Waals surface area contributed by atoms with E-state index >= 15 is 0 Å². The summed E-state index contributed by atoms with van der Waals surface area (Å²) in [5, 5.41) is 0.601. The third-order valence-electron chi connectivity index (χ3n) is 1.94. The highest BCUT2D eigenvalue weighted by Crippen LogP contribution is 2.33. The Morgan fingerprint density at radius 1 is 1.29 bits per heavy atom. The van der Waals surface area contributed by atoms with Gasteiger partial charge in [-0.25, -0.2) is 5.43 Å². The number of carbonyl (C=O) groups excluding carboxylic acids is 1. The first-order valence-electron chi connectivity index (χ1n) is 5.04. The Labute approximate surface area is 110 Å². The van der Waals surface area contributed by atoms with Crippen LogP contribution in [-0.2, 0) is 0 Å². The summed E-state index contributed by atoms with van der Waals surface area (Å²) in [6.07, 6.45) is 0. The molecule has 0 atom stereocenters. The number of nitrogens with one attached hydrogen (secondary N) is 2. The molecule has 0 aromatic heterocycles. The number of benzene rings is 1. The summed E-state index contributed by atoms with van der Waals surface area (Å²) in [6, 6.07) is 3.15. The lowest BCUT2D eigenvalue weighted by Crippen LogP contribution is -2.41. The molecule has 0 fully saturated rings. The minimum atomic E-state index is -0.301. The van der Waals surface area contributed by atoms with E-state index in [2.05, 4.69) is 10.9 Å². The second-order valence-electron chi connectivity index (χ2n) is 3.73. The number of rotatable bonds is 4. The van der Waals surface area contributed by atoms with Gasteiger partial charge in [-0.3, -0.25) is 10.2 Å². The molecular formula is C11H14Cl2N2O2. The smallest absolute Gasteiger partial charge is 0.265 e. The zero-order valence-electron chi connectivity index (χ0n) is 9.80. The molecular weight excluding hydrogens is 263 g/mol. The number of hydrogen-bond donors (Lipinski definition) is 2. The number of ether oxygens (including phenoxy) is 1. The third kappa shape index (κ3) is 3.77. The number of amides is 1. The molecule has 1 aromatic carbocycles. The lowest BCUT2D eigenvalue weighted by Gasteiger charge is -2.11. The molecule has 0 spiro atoms. The average molecular weight is 277 g/mol. The van der Waals surface area contributed by atoms with E-state index in [4.69, 9.17) is 27.9 Å².